The van der Waals surface area contributed by atoms with Gasteiger partial charge in [-0.15, -0.1) is 0 Å². The van der Waals surface area contributed by atoms with E-state index in [1.165, 1.54) is 0 Å². The summed E-state index contributed by atoms with van der Waals surface area (Å²) in [6.07, 6.45) is 3.54. The molecule has 0 saturated carbocycles. The van der Waals surface area contributed by atoms with Crippen LogP contribution in [0.15, 0.2) is 35.3 Å². The maximum Gasteiger partial charge on any atom is 0.193 e. The number of piperidine rings is 1. The Kier molecular flexibility index (Phi) is 7.24. The molecule has 0 unspecified atom stereocenters. The minimum atomic E-state index is 0.312. The largest absolute Gasteiger partial charge is 0.490 e. The molecule has 0 amide bonds. The van der Waals surface area contributed by atoms with Crippen molar-refractivity contribution in [2.75, 3.05) is 26.2 Å². The van der Waals surface area contributed by atoms with E-state index in [0.29, 0.717) is 12.0 Å². The zero-order valence-electron chi connectivity index (χ0n) is 14.8. The number of para-hydroxylation sites is 1. The molecule has 0 aliphatic carbocycles. The Labute approximate surface area is 140 Å². The van der Waals surface area contributed by atoms with Crippen LogP contribution in [0.4, 0.5) is 0 Å². The number of hydrogen-bond donors (Lipinski definition) is 1. The summed E-state index contributed by atoms with van der Waals surface area (Å²) in [5, 5.41) is 3.43. The van der Waals surface area contributed by atoms with Crippen LogP contribution >= 0.6 is 0 Å². The molecule has 4 nitrogen and oxygen atoms in total. The van der Waals surface area contributed by atoms with Crippen molar-refractivity contribution in [1.82, 2.24) is 10.2 Å². The molecule has 1 aliphatic rings. The lowest BCUT2D eigenvalue weighted by Gasteiger charge is -2.34. The summed E-state index contributed by atoms with van der Waals surface area (Å²) >= 11 is 0. The molecule has 1 aromatic carbocycles. The fraction of sp³-hybridized carbons (Fsp3) is 0.632. The second-order valence-corrected chi connectivity index (χ2v) is 6.54. The fourth-order valence-electron chi connectivity index (χ4n) is 2.73. The molecule has 0 radical (unpaired) electrons. The van der Waals surface area contributed by atoms with E-state index in [1.807, 2.05) is 30.3 Å². The highest BCUT2D eigenvalue weighted by atomic mass is 16.5. The Morgan fingerprint density at radius 3 is 2.57 bits per heavy atom. The lowest BCUT2D eigenvalue weighted by molar-refractivity contribution is 0.129. The molecule has 4 heteroatoms. The van der Waals surface area contributed by atoms with Crippen molar-refractivity contribution in [3.8, 4) is 5.75 Å². The lowest BCUT2D eigenvalue weighted by atomic mass is 10.1. The Morgan fingerprint density at radius 2 is 1.96 bits per heavy atom. The quantitative estimate of drug-likeness (QED) is 0.644. The van der Waals surface area contributed by atoms with Crippen LogP contribution in [0.2, 0.25) is 0 Å². The fourth-order valence-corrected chi connectivity index (χ4v) is 2.73. The Balaban J connectivity index is 1.83. The highest BCUT2D eigenvalue weighted by Gasteiger charge is 2.22. The summed E-state index contributed by atoms with van der Waals surface area (Å²) in [7, 11) is 0. The molecule has 0 bridgehead atoms. The van der Waals surface area contributed by atoms with E-state index in [1.54, 1.807) is 0 Å². The van der Waals surface area contributed by atoms with Crippen LogP contribution in [-0.4, -0.2) is 43.1 Å². The number of guanidine groups is 1. The molecular formula is C19H31N3O. The Hall–Kier alpha value is -1.71. The maximum atomic E-state index is 6.07. The highest BCUT2D eigenvalue weighted by molar-refractivity contribution is 5.80. The van der Waals surface area contributed by atoms with Crippen molar-refractivity contribution in [1.29, 1.82) is 0 Å². The van der Waals surface area contributed by atoms with Crippen LogP contribution in [0.5, 0.6) is 5.75 Å². The van der Waals surface area contributed by atoms with E-state index >= 15 is 0 Å². The highest BCUT2D eigenvalue weighted by Crippen LogP contribution is 2.18. The summed E-state index contributed by atoms with van der Waals surface area (Å²) in [4.78, 5) is 7.15. The van der Waals surface area contributed by atoms with Crippen LogP contribution in [0.3, 0.4) is 0 Å². The average molecular weight is 317 g/mol. The summed E-state index contributed by atoms with van der Waals surface area (Å²) in [6.45, 7) is 10.4. The van der Waals surface area contributed by atoms with Gasteiger partial charge in [0, 0.05) is 39.0 Å². The number of likely N-dealkylation sites (tertiary alicyclic amines) is 1. The predicted octanol–water partition coefficient (Wildman–Crippen LogP) is 3.54. The third-order valence-electron chi connectivity index (χ3n) is 4.09. The summed E-state index contributed by atoms with van der Waals surface area (Å²) in [5.74, 6) is 2.74. The van der Waals surface area contributed by atoms with Gasteiger partial charge in [0.25, 0.3) is 0 Å². The van der Waals surface area contributed by atoms with Crippen molar-refractivity contribution in [3.05, 3.63) is 30.3 Å². The van der Waals surface area contributed by atoms with E-state index in [4.69, 9.17) is 9.73 Å². The van der Waals surface area contributed by atoms with E-state index in [9.17, 15) is 0 Å². The predicted molar refractivity (Wildman–Crippen MR) is 97.1 cm³/mol. The van der Waals surface area contributed by atoms with Gasteiger partial charge in [0.1, 0.15) is 11.9 Å². The number of nitrogens with one attached hydrogen (secondary N) is 1. The summed E-state index contributed by atoms with van der Waals surface area (Å²) < 4.78 is 6.07. The van der Waals surface area contributed by atoms with E-state index in [2.05, 4.69) is 31.0 Å². The van der Waals surface area contributed by atoms with Gasteiger partial charge < -0.3 is 15.0 Å². The van der Waals surface area contributed by atoms with Gasteiger partial charge in [0.15, 0.2) is 5.96 Å². The molecule has 1 N–H and O–H groups in total. The molecule has 1 fully saturated rings. The second kappa shape index (κ2) is 9.43. The molecule has 1 saturated heterocycles. The number of nitrogens with zero attached hydrogens (tertiary/aromatic N) is 2. The normalized spacial score (nSPS) is 16.7. The first-order valence-corrected chi connectivity index (χ1v) is 8.94. The molecule has 0 atom stereocenters. The molecule has 0 spiro atoms. The van der Waals surface area contributed by atoms with Crippen molar-refractivity contribution in [2.24, 2.45) is 10.9 Å². The number of ether oxygens (including phenoxy) is 1. The molecule has 1 heterocycles. The number of benzene rings is 1. The minimum absolute atomic E-state index is 0.312. The third kappa shape index (κ3) is 6.12. The van der Waals surface area contributed by atoms with Gasteiger partial charge in [0.2, 0.25) is 0 Å². The van der Waals surface area contributed by atoms with E-state index in [0.717, 1.165) is 57.2 Å². The van der Waals surface area contributed by atoms with Gasteiger partial charge in [0.05, 0.1) is 0 Å². The smallest absolute Gasteiger partial charge is 0.193 e. The summed E-state index contributed by atoms with van der Waals surface area (Å²) in [5.41, 5.74) is 0. The van der Waals surface area contributed by atoms with Crippen LogP contribution in [0.1, 0.15) is 40.0 Å². The van der Waals surface area contributed by atoms with Crippen molar-refractivity contribution >= 4 is 5.96 Å². The van der Waals surface area contributed by atoms with Gasteiger partial charge in [-0.1, -0.05) is 32.0 Å². The first-order chi connectivity index (χ1) is 11.2. The maximum absolute atomic E-state index is 6.07. The van der Waals surface area contributed by atoms with Crippen LogP contribution in [-0.2, 0) is 0 Å². The number of aliphatic imine (C=N–C) groups is 1. The van der Waals surface area contributed by atoms with Crippen molar-refractivity contribution in [2.45, 2.75) is 46.1 Å². The van der Waals surface area contributed by atoms with Gasteiger partial charge >= 0.3 is 0 Å². The van der Waals surface area contributed by atoms with Crippen molar-refractivity contribution in [3.63, 3.8) is 0 Å². The van der Waals surface area contributed by atoms with Crippen molar-refractivity contribution < 1.29 is 4.74 Å². The first kappa shape index (κ1) is 17.6. The van der Waals surface area contributed by atoms with Crippen LogP contribution in [0.25, 0.3) is 0 Å². The Bertz CT molecular complexity index is 465. The van der Waals surface area contributed by atoms with Gasteiger partial charge in [-0.25, -0.2) is 0 Å². The average Bonchev–Trinajstić information content (AvgIpc) is 2.55. The molecule has 0 aromatic heterocycles. The minimum Gasteiger partial charge on any atom is -0.490 e. The lowest BCUT2D eigenvalue weighted by Crippen LogP contribution is -2.47. The van der Waals surface area contributed by atoms with Crippen LogP contribution in [0, 0.1) is 5.92 Å². The third-order valence-corrected chi connectivity index (χ3v) is 4.09. The molecule has 128 valence electrons. The molecule has 1 aromatic rings. The molecule has 2 rings (SSSR count). The molecule has 23 heavy (non-hydrogen) atoms. The van der Waals surface area contributed by atoms with Crippen LogP contribution < -0.4 is 10.1 Å². The zero-order chi connectivity index (χ0) is 16.5. The second-order valence-electron chi connectivity index (χ2n) is 6.54. The molecule has 1 aliphatic heterocycles. The number of rotatable bonds is 6. The number of hydrogen-bond acceptors (Lipinski definition) is 2. The first-order valence-electron chi connectivity index (χ1n) is 8.94. The van der Waals surface area contributed by atoms with Gasteiger partial charge in [-0.3, -0.25) is 4.99 Å². The molecular weight excluding hydrogens is 286 g/mol. The van der Waals surface area contributed by atoms with E-state index in [-0.39, 0.29) is 0 Å². The summed E-state index contributed by atoms with van der Waals surface area (Å²) in [6, 6.07) is 10.1. The van der Waals surface area contributed by atoms with Gasteiger partial charge in [-0.2, -0.15) is 0 Å². The topological polar surface area (TPSA) is 36.9 Å². The zero-order valence-corrected chi connectivity index (χ0v) is 14.8. The SMILES string of the molecule is CCNC(=NCCC(C)C)N1CCC(Oc2ccccc2)CC1. The van der Waals surface area contributed by atoms with Gasteiger partial charge in [-0.05, 0) is 31.4 Å². The standard InChI is InChI=1S/C19H31N3O/c1-4-20-19(21-13-10-16(2)3)22-14-11-18(12-15-22)23-17-8-6-5-7-9-17/h5-9,16,18H,4,10-15H2,1-3H3,(H,20,21). The Morgan fingerprint density at radius 1 is 1.26 bits per heavy atom. The monoisotopic (exact) mass is 317 g/mol. The van der Waals surface area contributed by atoms with E-state index < -0.39 is 0 Å².